The molecule has 0 unspecified atom stereocenters. The van der Waals surface area contributed by atoms with Gasteiger partial charge >= 0.3 is 0 Å². The number of H-pyrrole nitrogens is 1. The van der Waals surface area contributed by atoms with Gasteiger partial charge in [-0.2, -0.15) is 17.0 Å². The second kappa shape index (κ2) is 9.44. The molecule has 0 aromatic carbocycles. The van der Waals surface area contributed by atoms with Crippen LogP contribution < -0.4 is 10.9 Å². The molecule has 0 saturated heterocycles. The molecule has 6 nitrogen and oxygen atoms in total. The van der Waals surface area contributed by atoms with Gasteiger partial charge in [-0.3, -0.25) is 9.59 Å². The van der Waals surface area contributed by atoms with Crippen molar-refractivity contribution in [2.45, 2.75) is 43.5 Å². The predicted octanol–water partition coefficient (Wildman–Crippen LogP) is 3.57. The number of fused-ring (bicyclic) bond motifs is 1. The van der Waals surface area contributed by atoms with Gasteiger partial charge in [-0.1, -0.05) is 18.7 Å². The van der Waals surface area contributed by atoms with Crippen molar-refractivity contribution in [2.24, 2.45) is 0 Å². The quantitative estimate of drug-likeness (QED) is 0.525. The van der Waals surface area contributed by atoms with E-state index in [1.807, 2.05) is 0 Å². The van der Waals surface area contributed by atoms with Crippen LogP contribution in [0, 0.1) is 11.3 Å². The number of amides is 1. The van der Waals surface area contributed by atoms with E-state index in [2.05, 4.69) is 28.3 Å². The zero-order chi connectivity index (χ0) is 19.2. The van der Waals surface area contributed by atoms with Gasteiger partial charge in [-0.15, -0.1) is 11.3 Å². The van der Waals surface area contributed by atoms with Crippen molar-refractivity contribution in [1.29, 1.82) is 5.26 Å². The Labute approximate surface area is 170 Å². The maximum absolute atomic E-state index is 12.4. The Morgan fingerprint density at radius 3 is 3.04 bits per heavy atom. The molecule has 1 aliphatic rings. The highest BCUT2D eigenvalue weighted by Crippen LogP contribution is 2.37. The third-order valence-electron chi connectivity index (χ3n) is 4.10. The average Bonchev–Trinajstić information content (AvgIpc) is 3.01. The van der Waals surface area contributed by atoms with Crippen molar-refractivity contribution in [2.75, 3.05) is 16.8 Å². The Bertz CT molecular complexity index is 930. The first-order valence-electron chi connectivity index (χ1n) is 8.76. The fraction of sp³-hybridized carbons (Fsp3) is 0.444. The maximum atomic E-state index is 12.4. The molecule has 0 saturated carbocycles. The van der Waals surface area contributed by atoms with Crippen LogP contribution >= 0.6 is 34.9 Å². The molecule has 2 aromatic heterocycles. The number of hydrogen-bond acceptors (Lipinski definition) is 7. The second-order valence-corrected chi connectivity index (χ2v) is 9.39. The van der Waals surface area contributed by atoms with Gasteiger partial charge in [0.15, 0.2) is 5.16 Å². The van der Waals surface area contributed by atoms with Gasteiger partial charge in [-0.05, 0) is 37.0 Å². The van der Waals surface area contributed by atoms with Crippen molar-refractivity contribution < 1.29 is 4.79 Å². The molecule has 0 aliphatic heterocycles. The Morgan fingerprint density at radius 2 is 2.26 bits per heavy atom. The fourth-order valence-electron chi connectivity index (χ4n) is 2.90. The molecular weight excluding hydrogens is 400 g/mol. The lowest BCUT2D eigenvalue weighted by Gasteiger charge is -2.09. The monoisotopic (exact) mass is 420 g/mol. The number of nitrogens with one attached hydrogen (secondary N) is 2. The van der Waals surface area contributed by atoms with Crippen LogP contribution in [-0.2, 0) is 23.4 Å². The number of nitriles is 1. The fourth-order valence-corrected chi connectivity index (χ4v) is 5.41. The molecule has 142 valence electrons. The van der Waals surface area contributed by atoms with Crippen LogP contribution in [0.5, 0.6) is 0 Å². The van der Waals surface area contributed by atoms with Crippen LogP contribution in [-0.4, -0.2) is 27.4 Å². The summed E-state index contributed by atoms with van der Waals surface area (Å²) < 4.78 is 0. The highest BCUT2D eigenvalue weighted by atomic mass is 32.2. The molecule has 9 heteroatoms. The summed E-state index contributed by atoms with van der Waals surface area (Å²) in [7, 11) is 0. The van der Waals surface area contributed by atoms with E-state index in [-0.39, 0.29) is 17.2 Å². The van der Waals surface area contributed by atoms with E-state index >= 15 is 0 Å². The molecule has 0 spiro atoms. The van der Waals surface area contributed by atoms with Crippen LogP contribution in [0.1, 0.15) is 41.5 Å². The van der Waals surface area contributed by atoms with Crippen molar-refractivity contribution >= 4 is 45.8 Å². The minimum absolute atomic E-state index is 0.126. The van der Waals surface area contributed by atoms with E-state index in [4.69, 9.17) is 0 Å². The molecule has 0 fully saturated rings. The van der Waals surface area contributed by atoms with Crippen molar-refractivity contribution in [3.63, 3.8) is 0 Å². The second-order valence-electron chi connectivity index (χ2n) is 6.04. The number of aromatic nitrogens is 2. The van der Waals surface area contributed by atoms with Crippen LogP contribution in [0.2, 0.25) is 0 Å². The molecule has 2 N–H and O–H groups in total. The molecule has 3 rings (SSSR count). The third kappa shape index (κ3) is 5.15. The molecule has 2 heterocycles. The molecular formula is C18H20N4O2S3. The predicted molar refractivity (Wildman–Crippen MR) is 112 cm³/mol. The summed E-state index contributed by atoms with van der Waals surface area (Å²) in [5.74, 6) is 1.55. The lowest BCUT2D eigenvalue weighted by Crippen LogP contribution is -2.15. The number of carbonyl (C=O) groups is 1. The van der Waals surface area contributed by atoms with E-state index in [0.717, 1.165) is 37.0 Å². The normalized spacial score (nSPS) is 13.0. The average molecular weight is 421 g/mol. The van der Waals surface area contributed by atoms with E-state index in [1.165, 1.54) is 34.0 Å². The van der Waals surface area contributed by atoms with Crippen molar-refractivity contribution in [1.82, 2.24) is 9.97 Å². The van der Waals surface area contributed by atoms with E-state index in [0.29, 0.717) is 27.2 Å². The number of rotatable bonds is 7. The molecule has 27 heavy (non-hydrogen) atoms. The zero-order valence-corrected chi connectivity index (χ0v) is 17.4. The molecule has 1 amide bonds. The summed E-state index contributed by atoms with van der Waals surface area (Å²) in [5.41, 5.74) is 2.21. The summed E-state index contributed by atoms with van der Waals surface area (Å²) >= 11 is 4.39. The summed E-state index contributed by atoms with van der Waals surface area (Å²) in [4.78, 5) is 32.4. The van der Waals surface area contributed by atoms with Crippen LogP contribution in [0.25, 0.3) is 0 Å². The van der Waals surface area contributed by atoms with Gasteiger partial charge in [0.25, 0.3) is 5.56 Å². The number of nitrogens with zero attached hydrogens (tertiary/aromatic N) is 2. The van der Waals surface area contributed by atoms with E-state index < -0.39 is 0 Å². The number of thioether (sulfide) groups is 2. The number of aromatic amines is 1. The van der Waals surface area contributed by atoms with Gasteiger partial charge in [0.05, 0.1) is 17.0 Å². The smallest absolute Gasteiger partial charge is 0.251 e. The van der Waals surface area contributed by atoms with Crippen LogP contribution in [0.15, 0.2) is 16.0 Å². The highest BCUT2D eigenvalue weighted by Gasteiger charge is 2.21. The van der Waals surface area contributed by atoms with Crippen LogP contribution in [0.4, 0.5) is 5.00 Å². The Kier molecular flexibility index (Phi) is 6.99. The number of hydrogen-bond donors (Lipinski definition) is 2. The van der Waals surface area contributed by atoms with E-state index in [1.54, 1.807) is 11.8 Å². The molecule has 1 aliphatic carbocycles. The Hall–Kier alpha value is -1.76. The number of aryl methyl sites for hydroxylation is 1. The van der Waals surface area contributed by atoms with Gasteiger partial charge in [0.1, 0.15) is 11.1 Å². The van der Waals surface area contributed by atoms with Crippen molar-refractivity contribution in [3.05, 3.63) is 38.1 Å². The minimum Gasteiger partial charge on any atom is -0.316 e. The maximum Gasteiger partial charge on any atom is 0.251 e. The van der Waals surface area contributed by atoms with Crippen molar-refractivity contribution in [3.8, 4) is 6.07 Å². The molecule has 0 radical (unpaired) electrons. The van der Waals surface area contributed by atoms with Gasteiger partial charge in [-0.25, -0.2) is 4.98 Å². The van der Waals surface area contributed by atoms with E-state index in [9.17, 15) is 14.9 Å². The number of carbonyl (C=O) groups excluding carboxylic acids is 1. The van der Waals surface area contributed by atoms with Gasteiger partial charge < -0.3 is 10.3 Å². The minimum atomic E-state index is -0.211. The standard InChI is InChI=1S/C18H20N4O2S3/c1-2-25-9-11-7-15(23)22-18(20-11)26-10-16(24)21-17-13(8-19)12-5-3-4-6-14(12)27-17/h7H,2-6,9-10H2,1H3,(H,21,24)(H,20,22,23). The largest absolute Gasteiger partial charge is 0.316 e. The lowest BCUT2D eigenvalue weighted by molar-refractivity contribution is -0.113. The summed E-state index contributed by atoms with van der Waals surface area (Å²) in [5, 5.41) is 13.4. The molecule has 2 aromatic rings. The zero-order valence-electron chi connectivity index (χ0n) is 15.0. The first-order chi connectivity index (χ1) is 13.1. The Morgan fingerprint density at radius 1 is 1.44 bits per heavy atom. The summed E-state index contributed by atoms with van der Waals surface area (Å²) in [6.07, 6.45) is 4.11. The third-order valence-corrected chi connectivity index (χ3v) is 7.09. The molecule has 0 atom stereocenters. The summed E-state index contributed by atoms with van der Waals surface area (Å²) in [6, 6.07) is 3.73. The first-order valence-corrected chi connectivity index (χ1v) is 11.7. The van der Waals surface area contributed by atoms with Gasteiger partial charge in [0.2, 0.25) is 5.91 Å². The summed E-state index contributed by atoms with van der Waals surface area (Å²) in [6.45, 7) is 2.05. The number of anilines is 1. The SMILES string of the molecule is CCSCc1cc(=O)[nH]c(SCC(=O)Nc2sc3c(c2C#N)CCCC3)n1. The molecule has 0 bridgehead atoms. The Balaban J connectivity index is 1.64. The lowest BCUT2D eigenvalue weighted by atomic mass is 9.96. The number of thiophene rings is 1. The van der Waals surface area contributed by atoms with Crippen LogP contribution in [0.3, 0.4) is 0 Å². The first kappa shape index (κ1) is 20.0. The highest BCUT2D eigenvalue weighted by molar-refractivity contribution is 7.99. The topological polar surface area (TPSA) is 98.6 Å². The van der Waals surface area contributed by atoms with Gasteiger partial charge in [0, 0.05) is 16.7 Å².